The van der Waals surface area contributed by atoms with Crippen LogP contribution in [0, 0.1) is 6.92 Å². The zero-order valence-electron chi connectivity index (χ0n) is 14.5. The van der Waals surface area contributed by atoms with Gasteiger partial charge in [0, 0.05) is 50.7 Å². The number of hydrogen-bond acceptors (Lipinski definition) is 2. The molecule has 0 unspecified atom stereocenters. The number of hydrogen-bond donors (Lipinski definition) is 1. The van der Waals surface area contributed by atoms with E-state index in [4.69, 9.17) is 0 Å². The van der Waals surface area contributed by atoms with Crippen LogP contribution in [-0.2, 0) is 38.1 Å². The number of urea groups is 1. The molecule has 1 aliphatic rings. The first-order chi connectivity index (χ1) is 10.4. The van der Waals surface area contributed by atoms with Crippen LogP contribution >= 0.6 is 11.8 Å². The summed E-state index contributed by atoms with van der Waals surface area (Å²) in [5.41, 5.74) is 2.41. The summed E-state index contributed by atoms with van der Waals surface area (Å²) in [6, 6.07) is 8.66. The molecule has 2 amide bonds. The summed E-state index contributed by atoms with van der Waals surface area (Å²) in [6.07, 6.45) is 2.12. The fourth-order valence-corrected chi connectivity index (χ4v) is 3.67. The maximum Gasteiger partial charge on any atom is 0.322 e. The molecule has 0 aliphatic carbocycles. The summed E-state index contributed by atoms with van der Waals surface area (Å²) >= 11 is 1.91. The van der Waals surface area contributed by atoms with Crippen LogP contribution < -0.4 is 10.2 Å². The van der Waals surface area contributed by atoms with Crippen LogP contribution in [0.15, 0.2) is 24.3 Å². The van der Waals surface area contributed by atoms with Gasteiger partial charge in [-0.3, -0.25) is 4.90 Å². The molecule has 5 heteroatoms. The van der Waals surface area contributed by atoms with Crippen molar-refractivity contribution in [3.63, 3.8) is 0 Å². The van der Waals surface area contributed by atoms with Crippen molar-refractivity contribution in [3.8, 4) is 0 Å². The monoisotopic (exact) mass is 408 g/mol. The molecule has 23 heavy (non-hydrogen) atoms. The van der Waals surface area contributed by atoms with Crippen LogP contribution in [-0.4, -0.2) is 30.1 Å². The number of thioether (sulfide) groups is 1. The molecule has 1 atom stereocenters. The predicted octanol–water partition coefficient (Wildman–Crippen LogP) is 4.23. The molecule has 0 spiro atoms. The van der Waals surface area contributed by atoms with Crippen LogP contribution in [0.5, 0.6) is 0 Å². The predicted molar refractivity (Wildman–Crippen MR) is 96.7 cm³/mol. The molecule has 0 aromatic heterocycles. The summed E-state index contributed by atoms with van der Waals surface area (Å²) < 4.78 is 0. The van der Waals surface area contributed by atoms with Crippen LogP contribution in [0.3, 0.4) is 0 Å². The van der Waals surface area contributed by atoms with Crippen LogP contribution in [0.1, 0.15) is 39.2 Å². The van der Waals surface area contributed by atoms with Crippen LogP contribution in [0.4, 0.5) is 10.5 Å². The number of carbonyl (C=O) groups is 1. The minimum atomic E-state index is 0. The Kier molecular flexibility index (Phi) is 8.61. The van der Waals surface area contributed by atoms with Crippen LogP contribution in [0.2, 0.25) is 0 Å². The number of anilines is 1. The van der Waals surface area contributed by atoms with Crippen LogP contribution in [0.25, 0.3) is 0 Å². The topological polar surface area (TPSA) is 32.3 Å². The molecule has 1 radical (unpaired) electrons. The molecular weight excluding hydrogens is 381 g/mol. The number of carbonyl (C=O) groups excluding carboxylic acids is 1. The average Bonchev–Trinajstić information content (AvgIpc) is 2.84. The van der Waals surface area contributed by atoms with Crippen molar-refractivity contribution in [2.45, 2.75) is 45.1 Å². The van der Waals surface area contributed by atoms with Gasteiger partial charge in [-0.1, -0.05) is 39.3 Å². The molecule has 1 aromatic carbocycles. The number of benzene rings is 1. The number of amides is 2. The van der Waals surface area contributed by atoms with Crippen molar-refractivity contribution in [1.29, 1.82) is 0 Å². The van der Waals surface area contributed by atoms with Gasteiger partial charge in [-0.05, 0) is 28.9 Å². The van der Waals surface area contributed by atoms with E-state index in [1.165, 1.54) is 5.56 Å². The van der Waals surface area contributed by atoms with E-state index in [0.717, 1.165) is 36.6 Å². The third kappa shape index (κ3) is 5.76. The first-order valence-electron chi connectivity index (χ1n) is 7.98. The molecule has 0 saturated carbocycles. The Morgan fingerprint density at radius 1 is 1.30 bits per heavy atom. The van der Waals surface area contributed by atoms with Crippen molar-refractivity contribution in [2.75, 3.05) is 23.0 Å². The Balaban J connectivity index is 0.00000264. The molecule has 1 fully saturated rings. The normalized spacial score (nSPS) is 17.8. The Hall–Kier alpha value is -0.0561. The minimum absolute atomic E-state index is 0. The van der Waals surface area contributed by atoms with Crippen molar-refractivity contribution in [3.05, 3.63) is 36.8 Å². The third-order valence-corrected chi connectivity index (χ3v) is 5.13. The van der Waals surface area contributed by atoms with E-state index in [1.807, 2.05) is 16.7 Å². The maximum atomic E-state index is 12.2. The van der Waals surface area contributed by atoms with Gasteiger partial charge in [0.15, 0.2) is 0 Å². The summed E-state index contributed by atoms with van der Waals surface area (Å²) in [4.78, 5) is 14.1. The minimum Gasteiger partial charge on any atom is -0.343 e. The number of unbranched alkanes of at least 4 members (excludes halogenated alkanes) is 1. The molecular formula is C18H27N2OSY-. The molecule has 1 heterocycles. The van der Waals surface area contributed by atoms with E-state index >= 15 is 0 Å². The van der Waals surface area contributed by atoms with E-state index < -0.39 is 0 Å². The number of nitrogens with one attached hydrogen (secondary N) is 1. The van der Waals surface area contributed by atoms with Gasteiger partial charge < -0.3 is 12.2 Å². The average molecular weight is 408 g/mol. The van der Waals surface area contributed by atoms with Crippen molar-refractivity contribution < 1.29 is 37.5 Å². The van der Waals surface area contributed by atoms with E-state index in [9.17, 15) is 4.79 Å². The summed E-state index contributed by atoms with van der Waals surface area (Å²) in [6.45, 7) is 11.2. The molecule has 0 bridgehead atoms. The summed E-state index contributed by atoms with van der Waals surface area (Å²) in [7, 11) is 0. The second kappa shape index (κ2) is 9.43. The number of rotatable bonds is 6. The van der Waals surface area contributed by atoms with Crippen molar-refractivity contribution >= 4 is 23.5 Å². The van der Waals surface area contributed by atoms with Gasteiger partial charge >= 0.3 is 6.03 Å². The Morgan fingerprint density at radius 2 is 1.96 bits per heavy atom. The van der Waals surface area contributed by atoms with E-state index in [2.05, 4.69) is 57.3 Å². The molecule has 1 saturated heterocycles. The van der Waals surface area contributed by atoms with Crippen molar-refractivity contribution in [2.24, 2.45) is 0 Å². The SMILES string of the molecule is [CH2-]CCCSC[C@H]1CNC(=O)N1c1ccc(C(C)(C)C)cc1.[Y]. The maximum absolute atomic E-state index is 12.2. The Labute approximate surface area is 170 Å². The second-order valence-corrected chi connectivity index (χ2v) is 7.94. The molecule has 3 nitrogen and oxygen atoms in total. The third-order valence-electron chi connectivity index (χ3n) is 3.93. The second-order valence-electron chi connectivity index (χ2n) is 6.79. The van der Waals surface area contributed by atoms with Gasteiger partial charge in [0.2, 0.25) is 0 Å². The summed E-state index contributed by atoms with van der Waals surface area (Å²) in [5.74, 6) is 2.09. The standard InChI is InChI=1S/C18H27N2OS.Y/c1-5-6-11-22-13-16-12-19-17(21)20(16)15-9-7-14(8-10-15)18(2,3)4;/h7-10,16H,1,5-6,11-13H2,2-4H3,(H,19,21);/q-1;/t16-;/m1./s1. The fraction of sp³-hybridized carbons (Fsp3) is 0.556. The molecule has 125 valence electrons. The molecule has 2 rings (SSSR count). The van der Waals surface area contributed by atoms with Crippen molar-refractivity contribution in [1.82, 2.24) is 5.32 Å². The Morgan fingerprint density at radius 3 is 2.52 bits per heavy atom. The smallest absolute Gasteiger partial charge is 0.322 e. The van der Waals surface area contributed by atoms with E-state index in [1.54, 1.807) is 0 Å². The molecule has 1 aromatic rings. The van der Waals surface area contributed by atoms with Gasteiger partial charge in [-0.2, -0.15) is 18.2 Å². The van der Waals surface area contributed by atoms with Gasteiger partial charge in [0.05, 0.1) is 6.04 Å². The molecule has 1 N–H and O–H groups in total. The van der Waals surface area contributed by atoms with E-state index in [-0.39, 0.29) is 50.2 Å². The largest absolute Gasteiger partial charge is 0.343 e. The molecule has 1 aliphatic heterocycles. The van der Waals surface area contributed by atoms with Gasteiger partial charge in [0.1, 0.15) is 0 Å². The van der Waals surface area contributed by atoms with Gasteiger partial charge in [-0.15, -0.1) is 0 Å². The fourth-order valence-electron chi connectivity index (χ4n) is 2.55. The first-order valence-corrected chi connectivity index (χ1v) is 9.13. The quantitative estimate of drug-likeness (QED) is 0.565. The zero-order chi connectivity index (χ0) is 16.2. The Bertz CT molecular complexity index is 499. The van der Waals surface area contributed by atoms with E-state index in [0.29, 0.717) is 0 Å². The van der Waals surface area contributed by atoms with Gasteiger partial charge in [-0.25, -0.2) is 4.79 Å². The summed E-state index contributed by atoms with van der Waals surface area (Å²) in [5, 5.41) is 2.97. The van der Waals surface area contributed by atoms with Gasteiger partial charge in [0.25, 0.3) is 0 Å². The zero-order valence-corrected chi connectivity index (χ0v) is 18.1. The first kappa shape index (κ1) is 21.0. The number of nitrogens with zero attached hydrogens (tertiary/aromatic N) is 1.